The van der Waals surface area contributed by atoms with Gasteiger partial charge in [-0.1, -0.05) is 0 Å². The van der Waals surface area contributed by atoms with E-state index in [0.29, 0.717) is 18.6 Å². The van der Waals surface area contributed by atoms with E-state index < -0.39 is 0 Å². The maximum Gasteiger partial charge on any atom is 0.225 e. The summed E-state index contributed by atoms with van der Waals surface area (Å²) < 4.78 is 0. The van der Waals surface area contributed by atoms with Gasteiger partial charge in [-0.05, 0) is 12.8 Å². The number of hydrogen-bond acceptors (Lipinski definition) is 2. The molecule has 0 aromatic heterocycles. The van der Waals surface area contributed by atoms with Gasteiger partial charge in [0.2, 0.25) is 5.91 Å². The summed E-state index contributed by atoms with van der Waals surface area (Å²) in [5.74, 6) is 0.762. The van der Waals surface area contributed by atoms with Crippen molar-refractivity contribution in [1.82, 2.24) is 4.90 Å². The molecule has 66 valence electrons. The molecule has 0 aromatic carbocycles. The summed E-state index contributed by atoms with van der Waals surface area (Å²) in [4.78, 5) is 24.2. The zero-order chi connectivity index (χ0) is 8.55. The largest absolute Gasteiger partial charge is 0.339 e. The second kappa shape index (κ2) is 2.88. The average molecular weight is 167 g/mol. The van der Waals surface area contributed by atoms with Crippen LogP contribution < -0.4 is 0 Å². The average Bonchev–Trinajstić information content (AvgIpc) is 2.87. The number of hydrogen-bond donors (Lipinski definition) is 0. The van der Waals surface area contributed by atoms with E-state index in [2.05, 4.69) is 0 Å². The Hall–Kier alpha value is -0.860. The Morgan fingerprint density at radius 2 is 1.83 bits per heavy atom. The molecular formula is C9H13NO2. The van der Waals surface area contributed by atoms with E-state index in [1.54, 1.807) is 0 Å². The van der Waals surface area contributed by atoms with Crippen LogP contribution in [-0.2, 0) is 9.59 Å². The standard InChI is InChI=1S/C9H13NO2/c11-8-3-1-7(2-4-8)9(12)10-5-6-10/h7H,1-6H2. The van der Waals surface area contributed by atoms with E-state index in [-0.39, 0.29) is 11.8 Å². The molecule has 2 fully saturated rings. The summed E-state index contributed by atoms with van der Waals surface area (Å²) in [6.07, 6.45) is 2.80. The molecule has 0 atom stereocenters. The van der Waals surface area contributed by atoms with Gasteiger partial charge in [-0.2, -0.15) is 0 Å². The summed E-state index contributed by atoms with van der Waals surface area (Å²) in [6.45, 7) is 1.87. The first-order valence-corrected chi connectivity index (χ1v) is 4.58. The third kappa shape index (κ3) is 1.49. The summed E-state index contributed by atoms with van der Waals surface area (Å²) in [7, 11) is 0. The molecule has 0 unspecified atom stereocenters. The number of carbonyl (C=O) groups excluding carboxylic acids is 2. The fourth-order valence-corrected chi connectivity index (χ4v) is 1.72. The van der Waals surface area contributed by atoms with E-state index in [1.807, 2.05) is 4.90 Å². The summed E-state index contributed by atoms with van der Waals surface area (Å²) in [6, 6.07) is 0. The van der Waals surface area contributed by atoms with Gasteiger partial charge >= 0.3 is 0 Å². The fraction of sp³-hybridized carbons (Fsp3) is 0.778. The minimum Gasteiger partial charge on any atom is -0.339 e. The first kappa shape index (κ1) is 7.77. The Morgan fingerprint density at radius 3 is 2.33 bits per heavy atom. The molecule has 3 heteroatoms. The SMILES string of the molecule is O=C1CCC(C(=O)N2CC2)CC1. The van der Waals surface area contributed by atoms with Crippen LogP contribution in [0.5, 0.6) is 0 Å². The van der Waals surface area contributed by atoms with Gasteiger partial charge in [0.15, 0.2) is 0 Å². The van der Waals surface area contributed by atoms with E-state index in [0.717, 1.165) is 25.9 Å². The van der Waals surface area contributed by atoms with Crippen LogP contribution >= 0.6 is 0 Å². The van der Waals surface area contributed by atoms with Gasteiger partial charge in [0.25, 0.3) is 0 Å². The van der Waals surface area contributed by atoms with Crippen LogP contribution in [0.25, 0.3) is 0 Å². The maximum atomic E-state index is 11.5. The number of carbonyl (C=O) groups is 2. The zero-order valence-corrected chi connectivity index (χ0v) is 7.08. The van der Waals surface area contributed by atoms with E-state index in [9.17, 15) is 9.59 Å². The van der Waals surface area contributed by atoms with Crippen molar-refractivity contribution in [3.63, 3.8) is 0 Å². The lowest BCUT2D eigenvalue weighted by molar-refractivity contribution is -0.132. The number of nitrogens with zero attached hydrogens (tertiary/aromatic N) is 1. The van der Waals surface area contributed by atoms with Gasteiger partial charge in [-0.25, -0.2) is 0 Å². The molecular weight excluding hydrogens is 154 g/mol. The monoisotopic (exact) mass is 167 g/mol. The topological polar surface area (TPSA) is 37.1 Å². The molecule has 12 heavy (non-hydrogen) atoms. The Kier molecular flexibility index (Phi) is 1.87. The zero-order valence-electron chi connectivity index (χ0n) is 7.08. The van der Waals surface area contributed by atoms with Gasteiger partial charge in [0.1, 0.15) is 5.78 Å². The molecule has 3 nitrogen and oxygen atoms in total. The Labute approximate surface area is 71.7 Å². The third-order valence-corrected chi connectivity index (χ3v) is 2.65. The lowest BCUT2D eigenvalue weighted by Gasteiger charge is -2.19. The highest BCUT2D eigenvalue weighted by Crippen LogP contribution is 2.25. The highest BCUT2D eigenvalue weighted by Gasteiger charge is 2.32. The Balaban J connectivity index is 1.88. The van der Waals surface area contributed by atoms with E-state index in [4.69, 9.17) is 0 Å². The number of rotatable bonds is 1. The lowest BCUT2D eigenvalue weighted by atomic mass is 9.88. The first-order chi connectivity index (χ1) is 5.77. The van der Waals surface area contributed by atoms with Crippen molar-refractivity contribution in [2.75, 3.05) is 13.1 Å². The molecule has 1 saturated carbocycles. The van der Waals surface area contributed by atoms with Crippen LogP contribution in [0.15, 0.2) is 0 Å². The van der Waals surface area contributed by atoms with Gasteiger partial charge < -0.3 is 4.90 Å². The Bertz CT molecular complexity index is 211. The van der Waals surface area contributed by atoms with Gasteiger partial charge in [0.05, 0.1) is 0 Å². The molecule has 0 N–H and O–H groups in total. The van der Waals surface area contributed by atoms with Crippen molar-refractivity contribution in [2.45, 2.75) is 25.7 Å². The van der Waals surface area contributed by atoms with Crippen LogP contribution in [0.2, 0.25) is 0 Å². The minimum absolute atomic E-state index is 0.158. The van der Waals surface area contributed by atoms with Crippen LogP contribution in [0, 0.1) is 5.92 Å². The fourth-order valence-electron chi connectivity index (χ4n) is 1.72. The van der Waals surface area contributed by atoms with Crippen LogP contribution in [0.4, 0.5) is 0 Å². The molecule has 2 rings (SSSR count). The van der Waals surface area contributed by atoms with Gasteiger partial charge in [-0.15, -0.1) is 0 Å². The smallest absolute Gasteiger partial charge is 0.225 e. The molecule has 1 amide bonds. The molecule has 1 saturated heterocycles. The van der Waals surface area contributed by atoms with Crippen LogP contribution in [0.3, 0.4) is 0 Å². The molecule has 1 heterocycles. The highest BCUT2D eigenvalue weighted by atomic mass is 16.2. The highest BCUT2D eigenvalue weighted by molar-refractivity contribution is 5.85. The van der Waals surface area contributed by atoms with E-state index in [1.165, 1.54) is 0 Å². The van der Waals surface area contributed by atoms with Gasteiger partial charge in [0, 0.05) is 31.8 Å². The number of Topliss-reactive ketones (excluding diaryl/α,β-unsaturated/α-hetero) is 1. The van der Waals surface area contributed by atoms with Crippen molar-refractivity contribution < 1.29 is 9.59 Å². The molecule has 1 aliphatic heterocycles. The normalized spacial score (nSPS) is 24.3. The summed E-state index contributed by atoms with van der Waals surface area (Å²) in [5, 5.41) is 0. The summed E-state index contributed by atoms with van der Waals surface area (Å²) in [5.41, 5.74) is 0. The van der Waals surface area contributed by atoms with Crippen molar-refractivity contribution in [3.05, 3.63) is 0 Å². The second-order valence-electron chi connectivity index (χ2n) is 3.64. The first-order valence-electron chi connectivity index (χ1n) is 4.58. The molecule has 0 radical (unpaired) electrons. The lowest BCUT2D eigenvalue weighted by Crippen LogP contribution is -2.26. The molecule has 2 aliphatic rings. The third-order valence-electron chi connectivity index (χ3n) is 2.65. The quantitative estimate of drug-likeness (QED) is 0.536. The molecule has 0 bridgehead atoms. The Morgan fingerprint density at radius 1 is 1.25 bits per heavy atom. The molecule has 1 aliphatic carbocycles. The predicted octanol–water partition coefficient (Wildman–Crippen LogP) is 0.588. The second-order valence-corrected chi connectivity index (χ2v) is 3.64. The van der Waals surface area contributed by atoms with Crippen molar-refractivity contribution in [3.8, 4) is 0 Å². The number of amides is 1. The predicted molar refractivity (Wildman–Crippen MR) is 43.5 cm³/mol. The van der Waals surface area contributed by atoms with Gasteiger partial charge in [-0.3, -0.25) is 9.59 Å². The van der Waals surface area contributed by atoms with Crippen molar-refractivity contribution in [1.29, 1.82) is 0 Å². The maximum absolute atomic E-state index is 11.5. The van der Waals surface area contributed by atoms with Crippen LogP contribution in [0.1, 0.15) is 25.7 Å². The van der Waals surface area contributed by atoms with E-state index >= 15 is 0 Å². The number of ketones is 1. The minimum atomic E-state index is 0.158. The van der Waals surface area contributed by atoms with Crippen molar-refractivity contribution in [2.24, 2.45) is 5.92 Å². The summed E-state index contributed by atoms with van der Waals surface area (Å²) >= 11 is 0. The van der Waals surface area contributed by atoms with Crippen LogP contribution in [-0.4, -0.2) is 29.7 Å². The van der Waals surface area contributed by atoms with Crippen molar-refractivity contribution >= 4 is 11.7 Å². The molecule has 0 aromatic rings. The molecule has 0 spiro atoms.